The number of aliphatic hydroxyl groups is 2. The molecule has 0 fully saturated rings. The number of rotatable bonds is 6. The van der Waals surface area contributed by atoms with Crippen LogP contribution in [-0.4, -0.2) is 28.6 Å². The van der Waals surface area contributed by atoms with Crippen molar-refractivity contribution in [1.82, 2.24) is 0 Å². The Balaban J connectivity index is 3.56. The van der Waals surface area contributed by atoms with Gasteiger partial charge in [0.15, 0.2) is 0 Å². The van der Waals surface area contributed by atoms with Crippen molar-refractivity contribution in [3.05, 3.63) is 12.7 Å². The topological polar surface area (TPSA) is 66.8 Å². The summed E-state index contributed by atoms with van der Waals surface area (Å²) in [5.41, 5.74) is 0. The van der Waals surface area contributed by atoms with E-state index in [0.717, 1.165) is 6.08 Å². The van der Waals surface area contributed by atoms with Crippen LogP contribution in [-0.2, 0) is 9.53 Å². The number of ether oxygens (including phenoxy) is 1. The van der Waals surface area contributed by atoms with Crippen molar-refractivity contribution in [2.24, 2.45) is 0 Å². The lowest BCUT2D eigenvalue weighted by Gasteiger charge is -2.12. The third-order valence-corrected chi connectivity index (χ3v) is 1.64. The Kier molecular flexibility index (Phi) is 6.18. The van der Waals surface area contributed by atoms with Gasteiger partial charge in [-0.15, -0.1) is 0 Å². The summed E-state index contributed by atoms with van der Waals surface area (Å²) in [6, 6.07) is 0. The first-order chi connectivity index (χ1) is 6.10. The fourth-order valence-electron chi connectivity index (χ4n) is 0.780. The van der Waals surface area contributed by atoms with Gasteiger partial charge in [0.25, 0.3) is 0 Å². The lowest BCUT2D eigenvalue weighted by Crippen LogP contribution is -2.18. The molecular weight excluding hydrogens is 172 g/mol. The van der Waals surface area contributed by atoms with E-state index in [1.807, 2.05) is 6.92 Å². The standard InChI is InChI=1S/C9H16O4/c1-3-7(10)5-6-9(12)13-8(11)4-2/h4,7,9-10,12H,2-3,5-6H2,1H3. The zero-order valence-corrected chi connectivity index (χ0v) is 7.77. The predicted molar refractivity (Wildman–Crippen MR) is 47.8 cm³/mol. The molecule has 0 spiro atoms. The lowest BCUT2D eigenvalue weighted by atomic mass is 10.1. The monoisotopic (exact) mass is 188 g/mol. The van der Waals surface area contributed by atoms with Gasteiger partial charge in [0.1, 0.15) is 0 Å². The number of esters is 1. The molecule has 0 aliphatic heterocycles. The van der Waals surface area contributed by atoms with Gasteiger partial charge < -0.3 is 14.9 Å². The van der Waals surface area contributed by atoms with Gasteiger partial charge in [-0.2, -0.15) is 0 Å². The average Bonchev–Trinajstić information content (AvgIpc) is 2.13. The first-order valence-corrected chi connectivity index (χ1v) is 4.29. The van der Waals surface area contributed by atoms with Crippen LogP contribution in [0.2, 0.25) is 0 Å². The van der Waals surface area contributed by atoms with Crippen LogP contribution >= 0.6 is 0 Å². The van der Waals surface area contributed by atoms with E-state index < -0.39 is 18.4 Å². The molecule has 13 heavy (non-hydrogen) atoms. The molecule has 0 aliphatic rings. The zero-order chi connectivity index (χ0) is 10.3. The molecule has 0 aromatic rings. The van der Waals surface area contributed by atoms with Crippen LogP contribution in [0.5, 0.6) is 0 Å². The second-order valence-corrected chi connectivity index (χ2v) is 2.74. The number of hydrogen-bond acceptors (Lipinski definition) is 4. The third-order valence-electron chi connectivity index (χ3n) is 1.64. The van der Waals surface area contributed by atoms with Gasteiger partial charge in [0.2, 0.25) is 6.29 Å². The summed E-state index contributed by atoms with van der Waals surface area (Å²) in [7, 11) is 0. The highest BCUT2D eigenvalue weighted by atomic mass is 16.6. The summed E-state index contributed by atoms with van der Waals surface area (Å²) in [5.74, 6) is -0.654. The first-order valence-electron chi connectivity index (χ1n) is 4.29. The summed E-state index contributed by atoms with van der Waals surface area (Å²) in [6.45, 7) is 5.03. The molecule has 0 amide bonds. The molecule has 0 saturated carbocycles. The number of aliphatic hydroxyl groups excluding tert-OH is 2. The Labute approximate surface area is 77.8 Å². The van der Waals surface area contributed by atoms with E-state index in [1.165, 1.54) is 0 Å². The molecule has 0 saturated heterocycles. The van der Waals surface area contributed by atoms with Crippen LogP contribution in [0.3, 0.4) is 0 Å². The minimum absolute atomic E-state index is 0.245. The smallest absolute Gasteiger partial charge is 0.332 e. The summed E-state index contributed by atoms with van der Waals surface area (Å²) in [4.78, 5) is 10.6. The third kappa shape index (κ3) is 6.31. The second-order valence-electron chi connectivity index (χ2n) is 2.74. The molecule has 0 rings (SSSR count). The minimum atomic E-state index is -1.15. The Bertz CT molecular complexity index is 167. The van der Waals surface area contributed by atoms with Gasteiger partial charge in [-0.1, -0.05) is 13.5 Å². The van der Waals surface area contributed by atoms with E-state index in [-0.39, 0.29) is 6.42 Å². The molecule has 0 bridgehead atoms. The molecule has 0 aromatic carbocycles. The van der Waals surface area contributed by atoms with E-state index in [9.17, 15) is 4.79 Å². The Hall–Kier alpha value is -0.870. The van der Waals surface area contributed by atoms with E-state index in [4.69, 9.17) is 10.2 Å². The lowest BCUT2D eigenvalue weighted by molar-refractivity contribution is -0.163. The largest absolute Gasteiger partial charge is 0.433 e. The van der Waals surface area contributed by atoms with Crippen molar-refractivity contribution in [2.75, 3.05) is 0 Å². The van der Waals surface area contributed by atoms with Crippen LogP contribution in [0.25, 0.3) is 0 Å². The highest BCUT2D eigenvalue weighted by Gasteiger charge is 2.10. The summed E-state index contributed by atoms with van der Waals surface area (Å²) in [6.07, 6.45) is 0.682. The zero-order valence-electron chi connectivity index (χ0n) is 7.77. The van der Waals surface area contributed by atoms with Crippen molar-refractivity contribution in [3.63, 3.8) is 0 Å². The molecule has 4 nitrogen and oxygen atoms in total. The van der Waals surface area contributed by atoms with Crippen molar-refractivity contribution in [1.29, 1.82) is 0 Å². The molecule has 2 N–H and O–H groups in total. The van der Waals surface area contributed by atoms with Crippen LogP contribution in [0.4, 0.5) is 0 Å². The fraction of sp³-hybridized carbons (Fsp3) is 0.667. The quantitative estimate of drug-likeness (QED) is 0.363. The highest BCUT2D eigenvalue weighted by Crippen LogP contribution is 2.05. The molecule has 0 aliphatic carbocycles. The SMILES string of the molecule is C=CC(=O)OC(O)CCC(O)CC. The summed E-state index contributed by atoms with van der Waals surface area (Å²) < 4.78 is 4.48. The molecule has 0 aromatic heterocycles. The maximum absolute atomic E-state index is 10.6. The second kappa shape index (κ2) is 6.62. The Morgan fingerprint density at radius 2 is 2.15 bits per heavy atom. The highest BCUT2D eigenvalue weighted by molar-refractivity contribution is 5.81. The number of carbonyl (C=O) groups excluding carboxylic acids is 1. The normalized spacial score (nSPS) is 14.7. The molecular formula is C9H16O4. The van der Waals surface area contributed by atoms with Crippen molar-refractivity contribution >= 4 is 5.97 Å². The van der Waals surface area contributed by atoms with E-state index in [1.54, 1.807) is 0 Å². The number of carbonyl (C=O) groups is 1. The number of hydrogen-bond donors (Lipinski definition) is 2. The predicted octanol–water partition coefficient (Wildman–Crippen LogP) is 0.585. The molecule has 2 unspecified atom stereocenters. The van der Waals surface area contributed by atoms with Gasteiger partial charge in [0.05, 0.1) is 6.10 Å². The van der Waals surface area contributed by atoms with Crippen LogP contribution < -0.4 is 0 Å². The van der Waals surface area contributed by atoms with Crippen LogP contribution in [0, 0.1) is 0 Å². The minimum Gasteiger partial charge on any atom is -0.433 e. The van der Waals surface area contributed by atoms with Gasteiger partial charge in [-0.3, -0.25) is 0 Å². The fourth-order valence-corrected chi connectivity index (χ4v) is 0.780. The molecule has 4 heteroatoms. The average molecular weight is 188 g/mol. The summed E-state index contributed by atoms with van der Waals surface area (Å²) >= 11 is 0. The molecule has 0 radical (unpaired) electrons. The van der Waals surface area contributed by atoms with Crippen molar-refractivity contribution < 1.29 is 19.7 Å². The van der Waals surface area contributed by atoms with E-state index in [0.29, 0.717) is 12.8 Å². The van der Waals surface area contributed by atoms with E-state index in [2.05, 4.69) is 11.3 Å². The van der Waals surface area contributed by atoms with Gasteiger partial charge >= 0.3 is 5.97 Å². The maximum atomic E-state index is 10.6. The Morgan fingerprint density at radius 1 is 1.54 bits per heavy atom. The molecule has 76 valence electrons. The van der Waals surface area contributed by atoms with Gasteiger partial charge in [-0.05, 0) is 12.8 Å². The van der Waals surface area contributed by atoms with Crippen LogP contribution in [0.1, 0.15) is 26.2 Å². The van der Waals surface area contributed by atoms with Gasteiger partial charge in [0, 0.05) is 12.5 Å². The molecule has 0 heterocycles. The first kappa shape index (κ1) is 12.1. The summed E-state index contributed by atoms with van der Waals surface area (Å²) in [5, 5.41) is 18.2. The van der Waals surface area contributed by atoms with Crippen molar-refractivity contribution in [3.8, 4) is 0 Å². The Morgan fingerprint density at radius 3 is 2.62 bits per heavy atom. The molecule has 2 atom stereocenters. The maximum Gasteiger partial charge on any atom is 0.332 e. The van der Waals surface area contributed by atoms with E-state index >= 15 is 0 Å². The van der Waals surface area contributed by atoms with Crippen molar-refractivity contribution in [2.45, 2.75) is 38.6 Å². The van der Waals surface area contributed by atoms with Crippen LogP contribution in [0.15, 0.2) is 12.7 Å². The van der Waals surface area contributed by atoms with Gasteiger partial charge in [-0.25, -0.2) is 4.79 Å².